The Kier molecular flexibility index (Phi) is 4.36. The molecule has 2 aliphatic rings. The monoisotopic (exact) mass is 256 g/mol. The Morgan fingerprint density at radius 3 is 2.76 bits per heavy atom. The molecule has 0 spiro atoms. The van der Waals surface area contributed by atoms with Crippen LogP contribution in [-0.2, 0) is 4.79 Å². The molecule has 3 atom stereocenters. The van der Waals surface area contributed by atoms with Crippen LogP contribution in [0.15, 0.2) is 0 Å². The molecule has 4 heteroatoms. The van der Waals surface area contributed by atoms with E-state index in [1.165, 1.54) is 0 Å². The zero-order valence-electron chi connectivity index (χ0n) is 10.9. The van der Waals surface area contributed by atoms with E-state index in [1.807, 2.05) is 11.8 Å². The lowest BCUT2D eigenvalue weighted by Crippen LogP contribution is -2.45. The fraction of sp³-hybridized carbons (Fsp3) is 0.923. The van der Waals surface area contributed by atoms with Crippen molar-refractivity contribution in [3.63, 3.8) is 0 Å². The van der Waals surface area contributed by atoms with Crippen LogP contribution < -0.4 is 5.73 Å². The van der Waals surface area contributed by atoms with E-state index in [0.717, 1.165) is 38.1 Å². The fourth-order valence-corrected chi connectivity index (χ4v) is 4.08. The first kappa shape index (κ1) is 13.2. The Morgan fingerprint density at radius 2 is 2.18 bits per heavy atom. The number of amides is 1. The second-order valence-corrected chi connectivity index (χ2v) is 7.05. The standard InChI is InChI=1S/C13H24N2OS/c1-9(2)12-8-15(5-6-17-12)13(16)10-3-4-11(14)7-10/h9-12H,3-8,14H2,1-2H3. The molecule has 2 N–H and O–H groups in total. The molecular formula is C13H24N2OS. The topological polar surface area (TPSA) is 46.3 Å². The number of carbonyl (C=O) groups excluding carboxylic acids is 1. The first-order valence-corrected chi connectivity index (χ1v) is 7.78. The molecule has 1 saturated carbocycles. The number of nitrogens with two attached hydrogens (primary N) is 1. The van der Waals surface area contributed by atoms with Crippen LogP contribution >= 0.6 is 11.8 Å². The average molecular weight is 256 g/mol. The summed E-state index contributed by atoms with van der Waals surface area (Å²) in [7, 11) is 0. The number of rotatable bonds is 2. The Morgan fingerprint density at radius 1 is 1.41 bits per heavy atom. The molecular weight excluding hydrogens is 232 g/mol. The van der Waals surface area contributed by atoms with E-state index >= 15 is 0 Å². The van der Waals surface area contributed by atoms with Crippen LogP contribution in [0.2, 0.25) is 0 Å². The molecule has 3 nitrogen and oxygen atoms in total. The molecule has 98 valence electrons. The SMILES string of the molecule is CC(C)C1CN(C(=O)C2CCC(N)C2)CCS1. The molecule has 1 heterocycles. The van der Waals surface area contributed by atoms with E-state index in [2.05, 4.69) is 18.7 Å². The number of carbonyl (C=O) groups is 1. The van der Waals surface area contributed by atoms with Crippen molar-refractivity contribution in [3.8, 4) is 0 Å². The molecule has 0 bridgehead atoms. The number of thioether (sulfide) groups is 1. The van der Waals surface area contributed by atoms with Crippen LogP contribution in [0.5, 0.6) is 0 Å². The highest BCUT2D eigenvalue weighted by Crippen LogP contribution is 2.30. The van der Waals surface area contributed by atoms with Crippen LogP contribution in [0.4, 0.5) is 0 Å². The summed E-state index contributed by atoms with van der Waals surface area (Å²) in [5.41, 5.74) is 5.89. The lowest BCUT2D eigenvalue weighted by molar-refractivity contribution is -0.135. The highest BCUT2D eigenvalue weighted by atomic mass is 32.2. The summed E-state index contributed by atoms with van der Waals surface area (Å²) in [6.07, 6.45) is 2.91. The van der Waals surface area contributed by atoms with Crippen molar-refractivity contribution in [2.45, 2.75) is 44.4 Å². The Hall–Kier alpha value is -0.220. The zero-order chi connectivity index (χ0) is 12.4. The number of hydrogen-bond donors (Lipinski definition) is 1. The minimum atomic E-state index is 0.209. The maximum absolute atomic E-state index is 12.4. The predicted molar refractivity (Wildman–Crippen MR) is 73.0 cm³/mol. The molecule has 1 aliphatic heterocycles. The molecule has 0 aromatic carbocycles. The van der Waals surface area contributed by atoms with Crippen LogP contribution in [-0.4, -0.2) is 40.9 Å². The highest BCUT2D eigenvalue weighted by molar-refractivity contribution is 8.00. The predicted octanol–water partition coefficient (Wildman–Crippen LogP) is 1.71. The van der Waals surface area contributed by atoms with Gasteiger partial charge in [0, 0.05) is 36.1 Å². The Labute approximate surface area is 108 Å². The summed E-state index contributed by atoms with van der Waals surface area (Å²) in [6, 6.07) is 0.254. The van der Waals surface area contributed by atoms with E-state index in [1.54, 1.807) is 0 Å². The van der Waals surface area contributed by atoms with Gasteiger partial charge in [0.1, 0.15) is 0 Å². The summed E-state index contributed by atoms with van der Waals surface area (Å²) >= 11 is 2.02. The third kappa shape index (κ3) is 3.16. The van der Waals surface area contributed by atoms with Gasteiger partial charge in [0.15, 0.2) is 0 Å². The van der Waals surface area contributed by atoms with Crippen LogP contribution in [0.3, 0.4) is 0 Å². The summed E-state index contributed by atoms with van der Waals surface area (Å²) in [5, 5.41) is 0.614. The van der Waals surface area contributed by atoms with Crippen molar-refractivity contribution in [2.24, 2.45) is 17.6 Å². The Bertz CT molecular complexity index is 283. The van der Waals surface area contributed by atoms with Crippen molar-refractivity contribution < 1.29 is 4.79 Å². The molecule has 1 aliphatic carbocycles. The first-order chi connectivity index (χ1) is 8.08. The van der Waals surface area contributed by atoms with Gasteiger partial charge in [-0.25, -0.2) is 0 Å². The summed E-state index contributed by atoms with van der Waals surface area (Å²) in [4.78, 5) is 14.5. The maximum Gasteiger partial charge on any atom is 0.225 e. The van der Waals surface area contributed by atoms with Gasteiger partial charge in [0.25, 0.3) is 0 Å². The largest absolute Gasteiger partial charge is 0.341 e. The number of nitrogens with zero attached hydrogens (tertiary/aromatic N) is 1. The van der Waals surface area contributed by atoms with Gasteiger partial charge in [-0.1, -0.05) is 13.8 Å². The first-order valence-electron chi connectivity index (χ1n) is 6.74. The van der Waals surface area contributed by atoms with E-state index in [0.29, 0.717) is 17.1 Å². The van der Waals surface area contributed by atoms with Crippen LogP contribution in [0, 0.1) is 11.8 Å². The second-order valence-electron chi connectivity index (χ2n) is 5.71. The van der Waals surface area contributed by atoms with E-state index in [4.69, 9.17) is 5.73 Å². The molecule has 2 rings (SSSR count). The zero-order valence-corrected chi connectivity index (χ0v) is 11.7. The van der Waals surface area contributed by atoms with Crippen molar-refractivity contribution in [2.75, 3.05) is 18.8 Å². The fourth-order valence-electron chi connectivity index (χ4n) is 2.78. The third-order valence-corrected chi connectivity index (χ3v) is 5.51. The molecule has 0 radical (unpaired) electrons. The second kappa shape index (κ2) is 5.61. The molecule has 0 aromatic rings. The summed E-state index contributed by atoms with van der Waals surface area (Å²) in [6.45, 7) is 6.36. The Balaban J connectivity index is 1.90. The molecule has 17 heavy (non-hydrogen) atoms. The van der Waals surface area contributed by atoms with Gasteiger partial charge in [-0.2, -0.15) is 11.8 Å². The van der Waals surface area contributed by atoms with Gasteiger partial charge >= 0.3 is 0 Å². The van der Waals surface area contributed by atoms with Gasteiger partial charge in [0.2, 0.25) is 5.91 Å². The quantitative estimate of drug-likeness (QED) is 0.818. The lowest BCUT2D eigenvalue weighted by Gasteiger charge is -2.35. The highest BCUT2D eigenvalue weighted by Gasteiger charge is 2.33. The average Bonchev–Trinajstić information content (AvgIpc) is 2.75. The molecule has 3 unspecified atom stereocenters. The smallest absolute Gasteiger partial charge is 0.225 e. The van der Waals surface area contributed by atoms with Crippen molar-refractivity contribution in [3.05, 3.63) is 0 Å². The van der Waals surface area contributed by atoms with E-state index in [-0.39, 0.29) is 12.0 Å². The van der Waals surface area contributed by atoms with Crippen LogP contribution in [0.1, 0.15) is 33.1 Å². The van der Waals surface area contributed by atoms with E-state index in [9.17, 15) is 4.79 Å². The molecule has 0 aromatic heterocycles. The van der Waals surface area contributed by atoms with Gasteiger partial charge in [-0.05, 0) is 25.2 Å². The van der Waals surface area contributed by atoms with Gasteiger partial charge in [-0.15, -0.1) is 0 Å². The normalized spacial score (nSPS) is 34.4. The lowest BCUT2D eigenvalue weighted by atomic mass is 10.0. The minimum Gasteiger partial charge on any atom is -0.341 e. The molecule has 1 saturated heterocycles. The van der Waals surface area contributed by atoms with Gasteiger partial charge < -0.3 is 10.6 Å². The number of hydrogen-bond acceptors (Lipinski definition) is 3. The molecule has 1 amide bonds. The van der Waals surface area contributed by atoms with Crippen molar-refractivity contribution in [1.29, 1.82) is 0 Å². The van der Waals surface area contributed by atoms with Crippen molar-refractivity contribution in [1.82, 2.24) is 4.90 Å². The molecule has 2 fully saturated rings. The third-order valence-electron chi connectivity index (χ3n) is 3.97. The minimum absolute atomic E-state index is 0.209. The van der Waals surface area contributed by atoms with Crippen LogP contribution in [0.25, 0.3) is 0 Å². The summed E-state index contributed by atoms with van der Waals surface area (Å²) < 4.78 is 0. The van der Waals surface area contributed by atoms with E-state index < -0.39 is 0 Å². The maximum atomic E-state index is 12.4. The van der Waals surface area contributed by atoms with Crippen molar-refractivity contribution >= 4 is 17.7 Å². The summed E-state index contributed by atoms with van der Waals surface area (Å²) in [5.74, 6) is 2.32. The van der Waals surface area contributed by atoms with Gasteiger partial charge in [0.05, 0.1) is 0 Å². The van der Waals surface area contributed by atoms with Gasteiger partial charge in [-0.3, -0.25) is 4.79 Å².